The van der Waals surface area contributed by atoms with E-state index in [4.69, 9.17) is 6.42 Å². The van der Waals surface area contributed by atoms with Gasteiger partial charge in [0, 0.05) is 35.8 Å². The number of aromatic nitrogens is 1. The topological polar surface area (TPSA) is 128 Å². The van der Waals surface area contributed by atoms with Crippen LogP contribution in [0.2, 0.25) is 0 Å². The van der Waals surface area contributed by atoms with Gasteiger partial charge in [-0.2, -0.15) is 0 Å². The Morgan fingerprint density at radius 1 is 1.25 bits per heavy atom. The molecule has 0 aliphatic carbocycles. The molecule has 2 aromatic carbocycles. The van der Waals surface area contributed by atoms with Crippen molar-refractivity contribution < 1.29 is 27.2 Å². The Bertz CT molecular complexity index is 1700. The van der Waals surface area contributed by atoms with Crippen molar-refractivity contribution in [2.45, 2.75) is 54.8 Å². The number of benzene rings is 2. The molecule has 40 heavy (non-hydrogen) atoms. The van der Waals surface area contributed by atoms with E-state index in [9.17, 15) is 27.2 Å². The Labute approximate surface area is 231 Å². The zero-order valence-electron chi connectivity index (χ0n) is 22.2. The van der Waals surface area contributed by atoms with Gasteiger partial charge in [0.05, 0.1) is 16.4 Å². The number of sulfone groups is 1. The van der Waals surface area contributed by atoms with Gasteiger partial charge in [0.15, 0.2) is 9.84 Å². The number of likely N-dealkylation sites (tertiary alicyclic amines) is 1. The molecule has 3 N–H and O–H groups in total. The molecule has 11 heteroatoms. The molecule has 1 spiro atoms. The number of hydrogen-bond acceptors (Lipinski definition) is 5. The number of nitrogens with zero attached hydrogens (tertiary/aromatic N) is 1. The number of amides is 3. The van der Waals surface area contributed by atoms with Crippen LogP contribution in [0.15, 0.2) is 53.4 Å². The molecule has 3 atom stereocenters. The van der Waals surface area contributed by atoms with Gasteiger partial charge in [-0.25, -0.2) is 12.8 Å². The molecule has 3 aromatic rings. The van der Waals surface area contributed by atoms with E-state index < -0.39 is 44.8 Å². The third-order valence-electron chi connectivity index (χ3n) is 7.52. The highest BCUT2D eigenvalue weighted by Crippen LogP contribution is 2.46. The second-order valence-electron chi connectivity index (χ2n) is 11.1. The van der Waals surface area contributed by atoms with Crippen LogP contribution in [0, 0.1) is 12.3 Å². The van der Waals surface area contributed by atoms with Gasteiger partial charge in [-0.3, -0.25) is 14.4 Å². The van der Waals surface area contributed by atoms with E-state index >= 15 is 0 Å². The van der Waals surface area contributed by atoms with Gasteiger partial charge in [0.2, 0.25) is 11.8 Å². The van der Waals surface area contributed by atoms with E-state index in [0.717, 1.165) is 11.8 Å². The molecule has 9 nitrogen and oxygen atoms in total. The van der Waals surface area contributed by atoms with Crippen molar-refractivity contribution >= 4 is 44.1 Å². The Balaban J connectivity index is 1.44. The Kier molecular flexibility index (Phi) is 6.50. The summed E-state index contributed by atoms with van der Waals surface area (Å²) < 4.78 is 38.8. The number of halogens is 1. The molecular formula is C29H29FN4O5S. The number of carbonyl (C=O) groups is 3. The van der Waals surface area contributed by atoms with Gasteiger partial charge in [0.25, 0.3) is 5.91 Å². The second kappa shape index (κ2) is 9.48. The lowest BCUT2D eigenvalue weighted by Crippen LogP contribution is -2.52. The molecule has 0 saturated carbocycles. The van der Waals surface area contributed by atoms with E-state index in [1.54, 1.807) is 18.2 Å². The van der Waals surface area contributed by atoms with Gasteiger partial charge in [-0.1, -0.05) is 24.1 Å². The first-order chi connectivity index (χ1) is 18.7. The molecule has 1 aromatic heterocycles. The average Bonchev–Trinajstić information content (AvgIpc) is 3.56. The molecule has 0 radical (unpaired) electrons. The number of nitrogens with one attached hydrogen (secondary N) is 3. The van der Waals surface area contributed by atoms with Crippen molar-refractivity contribution in [2.75, 3.05) is 18.1 Å². The summed E-state index contributed by atoms with van der Waals surface area (Å²) in [6.07, 6.45) is 6.75. The number of alkyl halides is 1. The van der Waals surface area contributed by atoms with E-state index in [0.29, 0.717) is 16.6 Å². The first kappa shape index (κ1) is 27.4. The summed E-state index contributed by atoms with van der Waals surface area (Å²) in [5.41, 5.74) is -0.869. The van der Waals surface area contributed by atoms with Gasteiger partial charge in [-0.05, 0) is 56.2 Å². The van der Waals surface area contributed by atoms with Gasteiger partial charge in [0.1, 0.15) is 17.4 Å². The highest BCUT2D eigenvalue weighted by atomic mass is 32.2. The highest BCUT2D eigenvalue weighted by Gasteiger charge is 2.56. The Hall–Kier alpha value is -4.17. The fourth-order valence-electron chi connectivity index (χ4n) is 5.60. The number of para-hydroxylation sites is 1. The van der Waals surface area contributed by atoms with Crippen LogP contribution >= 0.6 is 0 Å². The lowest BCUT2D eigenvalue weighted by atomic mass is 9.79. The zero-order valence-corrected chi connectivity index (χ0v) is 23.1. The average molecular weight is 565 g/mol. The summed E-state index contributed by atoms with van der Waals surface area (Å²) in [5, 5.41) is 5.99. The maximum Gasteiger partial charge on any atom is 0.268 e. The van der Waals surface area contributed by atoms with Crippen molar-refractivity contribution in [2.24, 2.45) is 0 Å². The Morgan fingerprint density at radius 2 is 1.98 bits per heavy atom. The van der Waals surface area contributed by atoms with E-state index in [2.05, 4.69) is 21.5 Å². The monoisotopic (exact) mass is 564 g/mol. The number of carbonyl (C=O) groups excluding carboxylic acids is 3. The minimum Gasteiger partial charge on any atom is -0.351 e. The molecule has 0 bridgehead atoms. The van der Waals surface area contributed by atoms with Crippen molar-refractivity contribution in [3.8, 4) is 12.3 Å². The van der Waals surface area contributed by atoms with E-state index in [1.165, 1.54) is 36.9 Å². The van der Waals surface area contributed by atoms with E-state index in [-0.39, 0.29) is 35.9 Å². The first-order valence-electron chi connectivity index (χ1n) is 12.7. The van der Waals surface area contributed by atoms with E-state index in [1.807, 2.05) is 12.1 Å². The second-order valence-corrected chi connectivity index (χ2v) is 13.1. The van der Waals surface area contributed by atoms with Crippen LogP contribution in [-0.4, -0.2) is 66.6 Å². The lowest BCUT2D eigenvalue weighted by molar-refractivity contribution is -0.134. The summed E-state index contributed by atoms with van der Waals surface area (Å²) in [6, 6.07) is 11.1. The summed E-state index contributed by atoms with van der Waals surface area (Å²) in [5.74, 6) is 1.07. The molecule has 5 rings (SSSR count). The summed E-state index contributed by atoms with van der Waals surface area (Å²) in [7, 11) is -3.46. The molecule has 3 amide bonds. The number of anilines is 1. The fourth-order valence-corrected chi connectivity index (χ4v) is 6.26. The quantitative estimate of drug-likeness (QED) is 0.397. The largest absolute Gasteiger partial charge is 0.351 e. The summed E-state index contributed by atoms with van der Waals surface area (Å²) in [4.78, 5) is 44.7. The number of hydrogen-bond donors (Lipinski definition) is 3. The molecule has 1 fully saturated rings. The van der Waals surface area contributed by atoms with Gasteiger partial charge in [-0.15, -0.1) is 6.42 Å². The maximum absolute atomic E-state index is 14.9. The Morgan fingerprint density at radius 3 is 2.65 bits per heavy atom. The molecule has 1 saturated heterocycles. The molecule has 208 valence electrons. The van der Waals surface area contributed by atoms with Crippen LogP contribution in [0.25, 0.3) is 10.9 Å². The van der Waals surface area contributed by atoms with Crippen LogP contribution in [-0.2, 0) is 24.8 Å². The minimum atomic E-state index is -3.46. The van der Waals surface area contributed by atoms with Gasteiger partial charge >= 0.3 is 0 Å². The predicted molar refractivity (Wildman–Crippen MR) is 148 cm³/mol. The first-order valence-corrected chi connectivity index (χ1v) is 14.6. The van der Waals surface area contributed by atoms with Gasteiger partial charge < -0.3 is 20.5 Å². The van der Waals surface area contributed by atoms with Crippen LogP contribution in [0.5, 0.6) is 0 Å². The number of fused-ring (bicyclic) bond motifs is 3. The van der Waals surface area contributed by atoms with Crippen LogP contribution in [0.3, 0.4) is 0 Å². The third-order valence-corrected chi connectivity index (χ3v) is 8.63. The molecular weight excluding hydrogens is 535 g/mol. The summed E-state index contributed by atoms with van der Waals surface area (Å²) in [6.45, 7) is 2.60. The molecule has 3 heterocycles. The van der Waals surface area contributed by atoms with Crippen molar-refractivity contribution in [1.82, 2.24) is 15.2 Å². The zero-order chi connectivity index (χ0) is 29.0. The number of H-pyrrole nitrogens is 1. The molecule has 2 aliphatic heterocycles. The third kappa shape index (κ3) is 4.84. The van der Waals surface area contributed by atoms with Crippen molar-refractivity contribution in [3.63, 3.8) is 0 Å². The predicted octanol–water partition coefficient (Wildman–Crippen LogP) is 2.93. The van der Waals surface area contributed by atoms with Crippen LogP contribution in [0.4, 0.5) is 10.1 Å². The summed E-state index contributed by atoms with van der Waals surface area (Å²) >= 11 is 0. The minimum absolute atomic E-state index is 0.0106. The standard InChI is InChI=1S/C29H29FN4O5S/c1-5-18-14-29(20-8-6-7-9-22(20)33-27(29)37)16-34(18)26(36)24(15-28(2,3)30)32-25(35)23-13-17-12-19(40(4,38)39)10-11-21(17)31-23/h1,6-13,18,24,31H,14-16H2,2-4H3,(H,32,35)(H,33,37)/t18?,24-,29-/m0/s1. The molecule has 1 unspecified atom stereocenters. The van der Waals surface area contributed by atoms with Crippen molar-refractivity contribution in [1.29, 1.82) is 0 Å². The van der Waals surface area contributed by atoms with Crippen molar-refractivity contribution in [3.05, 3.63) is 59.8 Å². The lowest BCUT2D eigenvalue weighted by Gasteiger charge is -2.30. The highest BCUT2D eigenvalue weighted by molar-refractivity contribution is 7.90. The number of rotatable bonds is 6. The number of terminal acetylenes is 1. The smallest absolute Gasteiger partial charge is 0.268 e. The SMILES string of the molecule is C#CC1C[C@@]2(CN1C(=O)[C@H](CC(C)(C)F)NC(=O)c1cc3cc(S(C)(=O)=O)ccc3[nH]1)C(=O)Nc1ccccc12. The number of aromatic amines is 1. The maximum atomic E-state index is 14.9. The fraction of sp³-hybridized carbons (Fsp3) is 0.345. The molecule has 2 aliphatic rings. The van der Waals surface area contributed by atoms with Crippen LogP contribution in [0.1, 0.15) is 42.7 Å². The van der Waals surface area contributed by atoms with Crippen LogP contribution < -0.4 is 10.6 Å². The normalized spacial score (nSPS) is 21.2.